The molecule has 3 aromatic carbocycles. The van der Waals surface area contributed by atoms with Gasteiger partial charge in [-0.1, -0.05) is 61.9 Å². The average Bonchev–Trinajstić information content (AvgIpc) is 2.91. The Labute approximate surface area is 162 Å². The summed E-state index contributed by atoms with van der Waals surface area (Å²) < 4.78 is 0. The number of aliphatic imine (C=N–C) groups is 1. The molecule has 0 unspecified atom stereocenters. The van der Waals surface area contributed by atoms with Crippen LogP contribution in [0.25, 0.3) is 16.8 Å². The number of hydrogen-bond acceptors (Lipinski definition) is 3. The Morgan fingerprint density at radius 1 is 1.07 bits per heavy atom. The quantitative estimate of drug-likeness (QED) is 0.388. The molecule has 0 bridgehead atoms. The van der Waals surface area contributed by atoms with E-state index in [9.17, 15) is 10.1 Å². The van der Waals surface area contributed by atoms with Gasteiger partial charge in [0, 0.05) is 22.6 Å². The molecule has 0 atom stereocenters. The SMILES string of the molecule is CC1(C)C(/C=C/c2cc([N+](=O)[O-])ccc2Cl)=Nc2ccc3ccccc3c21. The number of non-ortho nitro benzene ring substituents is 1. The van der Waals surface area contributed by atoms with E-state index in [1.165, 1.54) is 28.5 Å². The van der Waals surface area contributed by atoms with Gasteiger partial charge in [-0.2, -0.15) is 0 Å². The summed E-state index contributed by atoms with van der Waals surface area (Å²) in [5, 5.41) is 13.9. The minimum Gasteiger partial charge on any atom is -0.258 e. The Balaban J connectivity index is 1.76. The molecule has 0 aromatic heterocycles. The van der Waals surface area contributed by atoms with Crippen molar-refractivity contribution in [2.75, 3.05) is 0 Å². The average molecular weight is 377 g/mol. The first kappa shape index (κ1) is 17.4. The van der Waals surface area contributed by atoms with Gasteiger partial charge in [-0.25, -0.2) is 0 Å². The lowest BCUT2D eigenvalue weighted by Gasteiger charge is -2.22. The van der Waals surface area contributed by atoms with E-state index in [1.54, 1.807) is 12.1 Å². The van der Waals surface area contributed by atoms with Crippen LogP contribution in [0.15, 0.2) is 65.7 Å². The van der Waals surface area contributed by atoms with Gasteiger partial charge in [0.1, 0.15) is 0 Å². The van der Waals surface area contributed by atoms with Crippen molar-refractivity contribution >= 4 is 45.5 Å². The molecular weight excluding hydrogens is 360 g/mol. The second kappa shape index (κ2) is 6.32. The first-order valence-corrected chi connectivity index (χ1v) is 8.99. The van der Waals surface area contributed by atoms with Crippen molar-refractivity contribution in [2.24, 2.45) is 4.99 Å². The van der Waals surface area contributed by atoms with Crippen molar-refractivity contribution in [3.05, 3.63) is 86.9 Å². The van der Waals surface area contributed by atoms with Crippen LogP contribution in [0.4, 0.5) is 11.4 Å². The molecule has 0 radical (unpaired) electrons. The number of benzene rings is 3. The van der Waals surface area contributed by atoms with Crippen molar-refractivity contribution in [1.82, 2.24) is 0 Å². The van der Waals surface area contributed by atoms with E-state index in [-0.39, 0.29) is 11.1 Å². The van der Waals surface area contributed by atoms with Crippen LogP contribution in [0.3, 0.4) is 0 Å². The number of fused-ring (bicyclic) bond motifs is 3. The Hall–Kier alpha value is -2.98. The molecular formula is C22H17ClN2O2. The van der Waals surface area contributed by atoms with Gasteiger partial charge in [-0.15, -0.1) is 0 Å². The van der Waals surface area contributed by atoms with Crippen molar-refractivity contribution < 1.29 is 4.92 Å². The Bertz CT molecular complexity index is 1150. The highest BCUT2D eigenvalue weighted by atomic mass is 35.5. The van der Waals surface area contributed by atoms with Gasteiger partial charge in [0.2, 0.25) is 0 Å². The molecule has 27 heavy (non-hydrogen) atoms. The molecule has 5 heteroatoms. The molecule has 0 aliphatic carbocycles. The van der Waals surface area contributed by atoms with Gasteiger partial charge in [0.25, 0.3) is 5.69 Å². The van der Waals surface area contributed by atoms with Crippen LogP contribution >= 0.6 is 11.6 Å². The first-order chi connectivity index (χ1) is 12.9. The zero-order valence-electron chi connectivity index (χ0n) is 14.9. The van der Waals surface area contributed by atoms with Crippen LogP contribution < -0.4 is 0 Å². The smallest absolute Gasteiger partial charge is 0.258 e. The fourth-order valence-electron chi connectivity index (χ4n) is 3.59. The maximum Gasteiger partial charge on any atom is 0.270 e. The van der Waals surface area contributed by atoms with Gasteiger partial charge in [0.05, 0.1) is 16.3 Å². The molecule has 1 heterocycles. The van der Waals surface area contributed by atoms with Crippen LogP contribution in [0.1, 0.15) is 25.0 Å². The zero-order chi connectivity index (χ0) is 19.2. The van der Waals surface area contributed by atoms with E-state index in [0.717, 1.165) is 11.4 Å². The lowest BCUT2D eigenvalue weighted by molar-refractivity contribution is -0.384. The summed E-state index contributed by atoms with van der Waals surface area (Å²) in [4.78, 5) is 15.4. The number of nitrogens with zero attached hydrogens (tertiary/aromatic N) is 2. The van der Waals surface area contributed by atoms with Gasteiger partial charge in [0.15, 0.2) is 0 Å². The summed E-state index contributed by atoms with van der Waals surface area (Å²) in [7, 11) is 0. The summed E-state index contributed by atoms with van der Waals surface area (Å²) in [6, 6.07) is 16.8. The minimum atomic E-state index is -0.424. The molecule has 0 saturated heterocycles. The molecule has 0 N–H and O–H groups in total. The maximum atomic E-state index is 11.0. The van der Waals surface area contributed by atoms with Crippen LogP contribution in [0, 0.1) is 10.1 Å². The lowest BCUT2D eigenvalue weighted by Crippen LogP contribution is -2.24. The predicted octanol–water partition coefficient (Wildman–Crippen LogP) is 6.48. The van der Waals surface area contributed by atoms with Gasteiger partial charge >= 0.3 is 0 Å². The highest BCUT2D eigenvalue weighted by Gasteiger charge is 2.35. The van der Waals surface area contributed by atoms with E-state index >= 15 is 0 Å². The molecule has 4 rings (SSSR count). The second-order valence-corrected chi connectivity index (χ2v) is 7.51. The van der Waals surface area contributed by atoms with Crippen LogP contribution in [0.5, 0.6) is 0 Å². The third-order valence-corrected chi connectivity index (χ3v) is 5.37. The Kier molecular flexibility index (Phi) is 4.08. The summed E-state index contributed by atoms with van der Waals surface area (Å²) in [5.74, 6) is 0. The molecule has 0 fully saturated rings. The van der Waals surface area contributed by atoms with E-state index in [4.69, 9.17) is 16.6 Å². The molecule has 3 aromatic rings. The fraction of sp³-hybridized carbons (Fsp3) is 0.136. The lowest BCUT2D eigenvalue weighted by atomic mass is 9.79. The van der Waals surface area contributed by atoms with Crippen LogP contribution in [-0.4, -0.2) is 10.6 Å². The largest absolute Gasteiger partial charge is 0.270 e. The van der Waals surface area contributed by atoms with E-state index in [2.05, 4.69) is 32.0 Å². The monoisotopic (exact) mass is 376 g/mol. The highest BCUT2D eigenvalue weighted by molar-refractivity contribution is 6.32. The molecule has 0 amide bonds. The first-order valence-electron chi connectivity index (χ1n) is 8.61. The van der Waals surface area contributed by atoms with Gasteiger partial charge < -0.3 is 0 Å². The number of allylic oxidation sites excluding steroid dienone is 1. The van der Waals surface area contributed by atoms with Crippen molar-refractivity contribution in [3.63, 3.8) is 0 Å². The van der Waals surface area contributed by atoms with Crippen LogP contribution in [0.2, 0.25) is 5.02 Å². The maximum absolute atomic E-state index is 11.0. The zero-order valence-corrected chi connectivity index (χ0v) is 15.7. The highest BCUT2D eigenvalue weighted by Crippen LogP contribution is 2.44. The number of halogens is 1. The number of rotatable bonds is 3. The number of nitro benzene ring substituents is 1. The van der Waals surface area contributed by atoms with Crippen molar-refractivity contribution in [3.8, 4) is 0 Å². The Morgan fingerprint density at radius 3 is 2.63 bits per heavy atom. The minimum absolute atomic E-state index is 0.0148. The topological polar surface area (TPSA) is 55.5 Å². The van der Waals surface area contributed by atoms with E-state index < -0.39 is 4.92 Å². The van der Waals surface area contributed by atoms with E-state index in [0.29, 0.717) is 10.6 Å². The molecule has 0 spiro atoms. The molecule has 4 nitrogen and oxygen atoms in total. The summed E-state index contributed by atoms with van der Waals surface area (Å²) in [5.41, 5.74) is 3.40. The summed E-state index contributed by atoms with van der Waals surface area (Å²) in [6.45, 7) is 4.28. The predicted molar refractivity (Wildman–Crippen MR) is 111 cm³/mol. The third-order valence-electron chi connectivity index (χ3n) is 5.02. The van der Waals surface area contributed by atoms with Gasteiger partial charge in [-0.3, -0.25) is 15.1 Å². The molecule has 0 saturated carbocycles. The van der Waals surface area contributed by atoms with Crippen LogP contribution in [-0.2, 0) is 5.41 Å². The Morgan fingerprint density at radius 2 is 1.85 bits per heavy atom. The number of hydrogen-bond donors (Lipinski definition) is 0. The molecule has 1 aliphatic heterocycles. The molecule has 1 aliphatic rings. The molecule has 134 valence electrons. The fourth-order valence-corrected chi connectivity index (χ4v) is 3.77. The van der Waals surface area contributed by atoms with Crippen molar-refractivity contribution in [1.29, 1.82) is 0 Å². The van der Waals surface area contributed by atoms with Crippen molar-refractivity contribution in [2.45, 2.75) is 19.3 Å². The third kappa shape index (κ3) is 2.92. The standard InChI is InChI=1S/C22H17ClN2O2/c1-22(2)20(12-8-15-13-16(25(26)27)9-10-18(15)23)24-19-11-7-14-5-3-4-6-17(14)21(19)22/h3-13H,1-2H3/b12-8+. The number of nitro groups is 1. The van der Waals surface area contributed by atoms with E-state index in [1.807, 2.05) is 24.3 Å². The second-order valence-electron chi connectivity index (χ2n) is 7.10. The summed E-state index contributed by atoms with van der Waals surface area (Å²) >= 11 is 6.21. The van der Waals surface area contributed by atoms with Gasteiger partial charge in [-0.05, 0) is 40.1 Å². The summed E-state index contributed by atoms with van der Waals surface area (Å²) in [6.07, 6.45) is 3.70. The normalized spacial score (nSPS) is 15.1.